The van der Waals surface area contributed by atoms with Gasteiger partial charge in [0.1, 0.15) is 19.3 Å². The van der Waals surface area contributed by atoms with E-state index in [1.165, 1.54) is 0 Å². The summed E-state index contributed by atoms with van der Waals surface area (Å²) >= 11 is 0. The van der Waals surface area contributed by atoms with E-state index in [0.717, 1.165) is 27.8 Å². The van der Waals surface area contributed by atoms with E-state index in [4.69, 9.17) is 14.6 Å². The van der Waals surface area contributed by atoms with E-state index < -0.39 is 30.2 Å². The van der Waals surface area contributed by atoms with E-state index >= 15 is 0 Å². The Labute approximate surface area is 231 Å². The van der Waals surface area contributed by atoms with Crippen LogP contribution in [0.5, 0.6) is 0 Å². The molecule has 40 heavy (non-hydrogen) atoms. The van der Waals surface area contributed by atoms with Gasteiger partial charge in [-0.25, -0.2) is 14.4 Å². The predicted molar refractivity (Wildman–Crippen MR) is 147 cm³/mol. The lowest BCUT2D eigenvalue weighted by Gasteiger charge is -2.19. The van der Waals surface area contributed by atoms with Crippen LogP contribution in [0.1, 0.15) is 41.9 Å². The SMILES string of the molecule is O=C(O)NCCCCC(NC(=O)OCc1ccccc1)C(=O)NC(=O)OCC1c2ccccc2-c2ccccc21. The number of carbonyl (C=O) groups is 4. The highest BCUT2D eigenvalue weighted by atomic mass is 16.6. The second kappa shape index (κ2) is 13.8. The lowest BCUT2D eigenvalue weighted by atomic mass is 9.98. The Bertz CT molecular complexity index is 1300. The lowest BCUT2D eigenvalue weighted by molar-refractivity contribution is -0.122. The molecule has 0 spiro atoms. The molecule has 0 saturated carbocycles. The third kappa shape index (κ3) is 7.59. The summed E-state index contributed by atoms with van der Waals surface area (Å²) in [4.78, 5) is 48.6. The van der Waals surface area contributed by atoms with Gasteiger partial charge in [-0.2, -0.15) is 0 Å². The van der Waals surface area contributed by atoms with Crippen molar-refractivity contribution in [2.24, 2.45) is 0 Å². The first kappa shape index (κ1) is 28.2. The third-order valence-corrected chi connectivity index (χ3v) is 6.59. The average Bonchev–Trinajstić information content (AvgIpc) is 3.28. The Balaban J connectivity index is 1.33. The number of rotatable bonds is 11. The molecule has 0 fully saturated rings. The van der Waals surface area contributed by atoms with Gasteiger partial charge in [0, 0.05) is 12.5 Å². The maximum Gasteiger partial charge on any atom is 0.413 e. The minimum atomic E-state index is -1.15. The summed E-state index contributed by atoms with van der Waals surface area (Å²) in [6.45, 7) is 0.232. The van der Waals surface area contributed by atoms with E-state index in [2.05, 4.69) is 16.0 Å². The number of carbonyl (C=O) groups excluding carboxylic acids is 3. The van der Waals surface area contributed by atoms with Gasteiger partial charge in [0.15, 0.2) is 0 Å². The molecule has 208 valence electrons. The van der Waals surface area contributed by atoms with Crippen LogP contribution in [0.4, 0.5) is 14.4 Å². The van der Waals surface area contributed by atoms with E-state index in [1.54, 1.807) is 12.1 Å². The molecule has 3 aromatic carbocycles. The quantitative estimate of drug-likeness (QED) is 0.254. The van der Waals surface area contributed by atoms with Gasteiger partial charge in [-0.15, -0.1) is 0 Å². The maximum atomic E-state index is 12.9. The topological polar surface area (TPSA) is 143 Å². The zero-order valence-electron chi connectivity index (χ0n) is 21.8. The molecule has 4 rings (SSSR count). The normalized spacial score (nSPS) is 12.4. The van der Waals surface area contributed by atoms with Gasteiger partial charge in [-0.05, 0) is 47.1 Å². The molecule has 0 bridgehead atoms. The van der Waals surface area contributed by atoms with Crippen LogP contribution in [0.2, 0.25) is 0 Å². The molecule has 10 heteroatoms. The van der Waals surface area contributed by atoms with Crippen molar-refractivity contribution in [1.29, 1.82) is 0 Å². The van der Waals surface area contributed by atoms with E-state index in [9.17, 15) is 19.2 Å². The van der Waals surface area contributed by atoms with Gasteiger partial charge in [0.05, 0.1) is 0 Å². The Hall–Kier alpha value is -4.86. The molecule has 1 aliphatic carbocycles. The van der Waals surface area contributed by atoms with Crippen LogP contribution in [0.3, 0.4) is 0 Å². The number of fused-ring (bicyclic) bond motifs is 3. The highest BCUT2D eigenvalue weighted by Crippen LogP contribution is 2.44. The highest BCUT2D eigenvalue weighted by Gasteiger charge is 2.30. The van der Waals surface area contributed by atoms with Crippen molar-refractivity contribution in [3.05, 3.63) is 95.6 Å². The molecule has 0 heterocycles. The average molecular weight is 546 g/mol. The Morgan fingerprint density at radius 3 is 2.05 bits per heavy atom. The fourth-order valence-corrected chi connectivity index (χ4v) is 4.67. The van der Waals surface area contributed by atoms with Crippen molar-refractivity contribution < 1.29 is 33.8 Å². The molecule has 0 radical (unpaired) electrons. The van der Waals surface area contributed by atoms with Crippen LogP contribution in [0.25, 0.3) is 11.1 Å². The van der Waals surface area contributed by atoms with Crippen molar-refractivity contribution in [2.45, 2.75) is 37.8 Å². The first-order valence-corrected chi connectivity index (χ1v) is 13.0. The lowest BCUT2D eigenvalue weighted by Crippen LogP contribution is -2.48. The molecule has 1 atom stereocenters. The number of ether oxygens (including phenoxy) is 2. The van der Waals surface area contributed by atoms with Gasteiger partial charge in [0.2, 0.25) is 0 Å². The summed E-state index contributed by atoms with van der Waals surface area (Å²) in [5.74, 6) is -0.919. The fraction of sp³-hybridized carbons (Fsp3) is 0.267. The van der Waals surface area contributed by atoms with Crippen LogP contribution >= 0.6 is 0 Å². The Morgan fingerprint density at radius 1 is 0.775 bits per heavy atom. The standard InChI is InChI=1S/C30H31N3O7/c34-27(26(16-8-9-17-31-28(35)36)32-29(37)39-18-20-10-2-1-3-11-20)33-30(38)40-19-25-23-14-6-4-12-21(23)22-13-5-7-15-24(22)25/h1-7,10-15,25-26,31H,8-9,16-19H2,(H,32,37)(H,35,36)(H,33,34,38). The summed E-state index contributed by atoms with van der Waals surface area (Å²) in [7, 11) is 0. The fourth-order valence-electron chi connectivity index (χ4n) is 4.67. The molecule has 4 amide bonds. The number of unbranched alkanes of at least 4 members (excludes halogenated alkanes) is 1. The number of alkyl carbamates (subject to hydrolysis) is 2. The number of hydrogen-bond acceptors (Lipinski definition) is 6. The van der Waals surface area contributed by atoms with Gasteiger partial charge in [-0.1, -0.05) is 78.9 Å². The number of nitrogens with one attached hydrogen (secondary N) is 3. The monoisotopic (exact) mass is 545 g/mol. The molecule has 1 aliphatic rings. The van der Waals surface area contributed by atoms with Crippen LogP contribution in [-0.4, -0.2) is 48.5 Å². The largest absolute Gasteiger partial charge is 0.465 e. The zero-order chi connectivity index (χ0) is 28.3. The van der Waals surface area contributed by atoms with Crippen LogP contribution in [0.15, 0.2) is 78.9 Å². The summed E-state index contributed by atoms with van der Waals surface area (Å²) < 4.78 is 10.7. The molecule has 10 nitrogen and oxygen atoms in total. The van der Waals surface area contributed by atoms with Crippen LogP contribution < -0.4 is 16.0 Å². The van der Waals surface area contributed by atoms with Crippen molar-refractivity contribution in [3.8, 4) is 11.1 Å². The molecular formula is C30H31N3O7. The minimum Gasteiger partial charge on any atom is -0.465 e. The smallest absolute Gasteiger partial charge is 0.413 e. The third-order valence-electron chi connectivity index (χ3n) is 6.59. The Morgan fingerprint density at radius 2 is 1.40 bits per heavy atom. The molecule has 0 saturated heterocycles. The summed E-state index contributed by atoms with van der Waals surface area (Å²) in [5, 5.41) is 15.7. The van der Waals surface area contributed by atoms with E-state index in [-0.39, 0.29) is 32.1 Å². The number of amides is 4. The number of benzene rings is 3. The second-order valence-corrected chi connectivity index (χ2v) is 9.30. The van der Waals surface area contributed by atoms with E-state index in [1.807, 2.05) is 66.7 Å². The van der Waals surface area contributed by atoms with Gasteiger partial charge < -0.3 is 25.2 Å². The molecule has 3 aromatic rings. The molecular weight excluding hydrogens is 514 g/mol. The highest BCUT2D eigenvalue weighted by molar-refractivity contribution is 5.96. The molecule has 0 aromatic heterocycles. The minimum absolute atomic E-state index is 0.00984. The van der Waals surface area contributed by atoms with Crippen molar-refractivity contribution >= 4 is 24.2 Å². The van der Waals surface area contributed by atoms with Crippen molar-refractivity contribution in [1.82, 2.24) is 16.0 Å². The molecule has 0 aliphatic heterocycles. The second-order valence-electron chi connectivity index (χ2n) is 9.30. The van der Waals surface area contributed by atoms with Crippen molar-refractivity contribution in [2.75, 3.05) is 13.2 Å². The number of hydrogen-bond donors (Lipinski definition) is 4. The number of imide groups is 1. The van der Waals surface area contributed by atoms with Crippen molar-refractivity contribution in [3.63, 3.8) is 0 Å². The maximum absolute atomic E-state index is 12.9. The first-order chi connectivity index (χ1) is 19.4. The molecule has 4 N–H and O–H groups in total. The van der Waals surface area contributed by atoms with Gasteiger partial charge in [-0.3, -0.25) is 10.1 Å². The van der Waals surface area contributed by atoms with Crippen LogP contribution in [-0.2, 0) is 20.9 Å². The van der Waals surface area contributed by atoms with Crippen LogP contribution in [0, 0.1) is 0 Å². The zero-order valence-corrected chi connectivity index (χ0v) is 21.8. The molecule has 1 unspecified atom stereocenters. The Kier molecular flexibility index (Phi) is 9.71. The summed E-state index contributed by atoms with van der Waals surface area (Å²) in [5.41, 5.74) is 5.02. The van der Waals surface area contributed by atoms with Gasteiger partial charge >= 0.3 is 18.3 Å². The summed E-state index contributed by atoms with van der Waals surface area (Å²) in [6.07, 6.45) is -1.90. The van der Waals surface area contributed by atoms with Gasteiger partial charge in [0.25, 0.3) is 5.91 Å². The predicted octanol–water partition coefficient (Wildman–Crippen LogP) is 4.78. The first-order valence-electron chi connectivity index (χ1n) is 13.0. The summed E-state index contributed by atoms with van der Waals surface area (Å²) in [6, 6.07) is 23.8. The van der Waals surface area contributed by atoms with E-state index in [0.29, 0.717) is 12.8 Å². The number of carboxylic acid groups (broad SMARTS) is 1.